The molecule has 2 aliphatic rings. The van der Waals surface area contributed by atoms with Crippen molar-refractivity contribution in [3.05, 3.63) is 30.3 Å². The van der Waals surface area contributed by atoms with E-state index in [4.69, 9.17) is 4.74 Å². The number of amides is 2. The highest BCUT2D eigenvalue weighted by molar-refractivity contribution is 5.95. The van der Waals surface area contributed by atoms with Crippen molar-refractivity contribution in [3.8, 4) is 0 Å². The van der Waals surface area contributed by atoms with Gasteiger partial charge in [0, 0.05) is 32.2 Å². The molecule has 2 atom stereocenters. The van der Waals surface area contributed by atoms with E-state index in [2.05, 4.69) is 5.32 Å². The van der Waals surface area contributed by atoms with Crippen molar-refractivity contribution in [2.24, 2.45) is 0 Å². The standard InChI is InChI=1S/C16H21N3O3/c1-18(12-5-3-2-4-6-12)14-11-13(17-15(14)20)16(21)19-7-9-22-10-8-19/h2-6,13-14H,7-11H2,1H3,(H,17,20)/t13-,14-/m0/s1. The predicted octanol–water partition coefficient (Wildman–Crippen LogP) is 0.239. The Balaban J connectivity index is 1.66. The van der Waals surface area contributed by atoms with E-state index in [-0.39, 0.29) is 17.9 Å². The van der Waals surface area contributed by atoms with Gasteiger partial charge in [0.1, 0.15) is 12.1 Å². The fourth-order valence-electron chi connectivity index (χ4n) is 3.00. The largest absolute Gasteiger partial charge is 0.378 e. The lowest BCUT2D eigenvalue weighted by molar-refractivity contribution is -0.138. The Labute approximate surface area is 130 Å². The van der Waals surface area contributed by atoms with E-state index < -0.39 is 6.04 Å². The summed E-state index contributed by atoms with van der Waals surface area (Å²) < 4.78 is 5.26. The van der Waals surface area contributed by atoms with Gasteiger partial charge in [-0.2, -0.15) is 0 Å². The number of rotatable bonds is 3. The topological polar surface area (TPSA) is 61.9 Å². The number of carbonyl (C=O) groups excluding carboxylic acids is 2. The first-order chi connectivity index (χ1) is 10.7. The van der Waals surface area contributed by atoms with Crippen LogP contribution in [0.25, 0.3) is 0 Å². The molecule has 2 fully saturated rings. The number of likely N-dealkylation sites (N-methyl/N-ethyl adjacent to an activating group) is 1. The van der Waals surface area contributed by atoms with Gasteiger partial charge in [0.15, 0.2) is 0 Å². The molecule has 0 aliphatic carbocycles. The second-order valence-corrected chi connectivity index (χ2v) is 5.70. The molecule has 0 aromatic heterocycles. The zero-order valence-corrected chi connectivity index (χ0v) is 12.7. The molecule has 118 valence electrons. The summed E-state index contributed by atoms with van der Waals surface area (Å²) in [6.07, 6.45) is 0.500. The monoisotopic (exact) mass is 303 g/mol. The third-order valence-corrected chi connectivity index (χ3v) is 4.33. The number of anilines is 1. The summed E-state index contributed by atoms with van der Waals surface area (Å²) in [7, 11) is 1.89. The van der Waals surface area contributed by atoms with E-state index in [1.165, 1.54) is 0 Å². The van der Waals surface area contributed by atoms with E-state index >= 15 is 0 Å². The van der Waals surface area contributed by atoms with Gasteiger partial charge >= 0.3 is 0 Å². The minimum atomic E-state index is -0.429. The van der Waals surface area contributed by atoms with Crippen molar-refractivity contribution >= 4 is 17.5 Å². The molecule has 0 radical (unpaired) electrons. The van der Waals surface area contributed by atoms with E-state index in [0.717, 1.165) is 5.69 Å². The molecule has 2 aliphatic heterocycles. The lowest BCUT2D eigenvalue weighted by atomic mass is 10.1. The lowest BCUT2D eigenvalue weighted by Crippen LogP contribution is -2.48. The molecule has 6 heteroatoms. The maximum atomic E-state index is 12.5. The number of nitrogens with one attached hydrogen (secondary N) is 1. The summed E-state index contributed by atoms with van der Waals surface area (Å²) in [6.45, 7) is 2.34. The number of ether oxygens (including phenoxy) is 1. The molecule has 3 rings (SSSR count). The Bertz CT molecular complexity index is 543. The molecule has 1 aromatic rings. The summed E-state index contributed by atoms with van der Waals surface area (Å²) in [5.41, 5.74) is 0.974. The van der Waals surface area contributed by atoms with Crippen LogP contribution in [0.4, 0.5) is 5.69 Å². The van der Waals surface area contributed by atoms with Crippen molar-refractivity contribution < 1.29 is 14.3 Å². The molecule has 0 bridgehead atoms. The van der Waals surface area contributed by atoms with E-state index in [1.54, 1.807) is 4.90 Å². The first kappa shape index (κ1) is 14.8. The van der Waals surface area contributed by atoms with Gasteiger partial charge in [-0.3, -0.25) is 9.59 Å². The number of nitrogens with zero attached hydrogens (tertiary/aromatic N) is 2. The minimum Gasteiger partial charge on any atom is -0.378 e. The molecule has 0 saturated carbocycles. The molecule has 1 N–H and O–H groups in total. The van der Waals surface area contributed by atoms with Gasteiger partial charge in [-0.1, -0.05) is 18.2 Å². The smallest absolute Gasteiger partial charge is 0.245 e. The molecule has 2 amide bonds. The Morgan fingerprint density at radius 3 is 2.64 bits per heavy atom. The highest BCUT2D eigenvalue weighted by atomic mass is 16.5. The molecule has 0 spiro atoms. The van der Waals surface area contributed by atoms with Crippen LogP contribution in [0.5, 0.6) is 0 Å². The molecular weight excluding hydrogens is 282 g/mol. The zero-order chi connectivity index (χ0) is 15.5. The third-order valence-electron chi connectivity index (χ3n) is 4.33. The van der Waals surface area contributed by atoms with Gasteiger partial charge in [0.25, 0.3) is 0 Å². The van der Waals surface area contributed by atoms with Crippen molar-refractivity contribution in [1.82, 2.24) is 10.2 Å². The quantitative estimate of drug-likeness (QED) is 0.869. The van der Waals surface area contributed by atoms with Crippen LogP contribution in [0, 0.1) is 0 Å². The van der Waals surface area contributed by atoms with Crippen LogP contribution >= 0.6 is 0 Å². The number of hydrogen-bond acceptors (Lipinski definition) is 4. The van der Waals surface area contributed by atoms with Gasteiger partial charge in [-0.15, -0.1) is 0 Å². The normalized spacial score (nSPS) is 25.0. The number of para-hydroxylation sites is 1. The van der Waals surface area contributed by atoms with Crippen LogP contribution in [0.15, 0.2) is 30.3 Å². The highest BCUT2D eigenvalue weighted by Crippen LogP contribution is 2.22. The maximum absolute atomic E-state index is 12.5. The molecule has 2 heterocycles. The summed E-state index contributed by atoms with van der Waals surface area (Å²) in [6, 6.07) is 9.01. The number of hydrogen-bond donors (Lipinski definition) is 1. The fourth-order valence-corrected chi connectivity index (χ4v) is 3.00. The van der Waals surface area contributed by atoms with Crippen molar-refractivity contribution in [1.29, 1.82) is 0 Å². The van der Waals surface area contributed by atoms with Gasteiger partial charge in [-0.05, 0) is 12.1 Å². The third kappa shape index (κ3) is 2.92. The first-order valence-electron chi connectivity index (χ1n) is 7.61. The first-order valence-corrected chi connectivity index (χ1v) is 7.61. The average Bonchev–Trinajstić information content (AvgIpc) is 2.97. The van der Waals surface area contributed by atoms with Crippen molar-refractivity contribution in [2.75, 3.05) is 38.3 Å². The van der Waals surface area contributed by atoms with Gasteiger partial charge in [0.05, 0.1) is 13.2 Å². The van der Waals surface area contributed by atoms with Crippen molar-refractivity contribution in [3.63, 3.8) is 0 Å². The van der Waals surface area contributed by atoms with Gasteiger partial charge in [0.2, 0.25) is 11.8 Å². The molecule has 2 saturated heterocycles. The van der Waals surface area contributed by atoms with Crippen LogP contribution in [0.2, 0.25) is 0 Å². The number of carbonyl (C=O) groups is 2. The van der Waals surface area contributed by atoms with Crippen LogP contribution in [-0.4, -0.2) is 62.1 Å². The molecule has 22 heavy (non-hydrogen) atoms. The predicted molar refractivity (Wildman–Crippen MR) is 82.6 cm³/mol. The van der Waals surface area contributed by atoms with Gasteiger partial charge in [-0.25, -0.2) is 0 Å². The SMILES string of the molecule is CN(c1ccccc1)[C@H]1C[C@@H](C(=O)N2CCOCC2)NC1=O. The maximum Gasteiger partial charge on any atom is 0.245 e. The fraction of sp³-hybridized carbons (Fsp3) is 0.500. The Morgan fingerprint density at radius 1 is 1.27 bits per heavy atom. The summed E-state index contributed by atoms with van der Waals surface area (Å²) in [5, 5.41) is 2.84. The second kappa shape index (κ2) is 6.36. The average molecular weight is 303 g/mol. The van der Waals surface area contributed by atoms with Crippen LogP contribution in [0.1, 0.15) is 6.42 Å². The van der Waals surface area contributed by atoms with Crippen LogP contribution in [-0.2, 0) is 14.3 Å². The lowest BCUT2D eigenvalue weighted by Gasteiger charge is -2.29. The summed E-state index contributed by atoms with van der Waals surface area (Å²) in [5.74, 6) is -0.0847. The van der Waals surface area contributed by atoms with Crippen molar-refractivity contribution in [2.45, 2.75) is 18.5 Å². The second-order valence-electron chi connectivity index (χ2n) is 5.70. The molecule has 6 nitrogen and oxygen atoms in total. The number of morpholine rings is 1. The van der Waals surface area contributed by atoms with Gasteiger partial charge < -0.3 is 19.9 Å². The highest BCUT2D eigenvalue weighted by Gasteiger charge is 2.40. The molecular formula is C16H21N3O3. The Kier molecular flexibility index (Phi) is 4.29. The van der Waals surface area contributed by atoms with E-state index in [9.17, 15) is 9.59 Å². The minimum absolute atomic E-state index is 0.000566. The van der Waals surface area contributed by atoms with E-state index in [0.29, 0.717) is 32.7 Å². The summed E-state index contributed by atoms with van der Waals surface area (Å²) in [4.78, 5) is 28.4. The van der Waals surface area contributed by atoms with Crippen LogP contribution in [0.3, 0.4) is 0 Å². The molecule has 1 aromatic carbocycles. The Hall–Kier alpha value is -2.08. The summed E-state index contributed by atoms with van der Waals surface area (Å²) >= 11 is 0. The zero-order valence-electron chi connectivity index (χ0n) is 12.7. The number of benzene rings is 1. The Morgan fingerprint density at radius 2 is 1.95 bits per heavy atom. The van der Waals surface area contributed by atoms with Crippen LogP contribution < -0.4 is 10.2 Å². The van der Waals surface area contributed by atoms with E-state index in [1.807, 2.05) is 42.3 Å². The molecule has 0 unspecified atom stereocenters.